The quantitative estimate of drug-likeness (QED) is 0.734. The van der Waals surface area contributed by atoms with Crippen LogP contribution in [0.2, 0.25) is 0 Å². The number of nitrogens with one attached hydrogen (secondary N) is 1. The molecule has 0 unspecified atom stereocenters. The molecule has 0 aliphatic heterocycles. The molecule has 2 heterocycles. The van der Waals surface area contributed by atoms with E-state index < -0.39 is 0 Å². The first-order chi connectivity index (χ1) is 10.7. The van der Waals surface area contributed by atoms with Gasteiger partial charge in [0.2, 0.25) is 0 Å². The van der Waals surface area contributed by atoms with Crippen molar-refractivity contribution in [2.75, 3.05) is 20.3 Å². The van der Waals surface area contributed by atoms with E-state index in [0.717, 1.165) is 33.7 Å². The Morgan fingerprint density at radius 1 is 1.05 bits per heavy atom. The molecule has 0 aliphatic carbocycles. The number of pyridine rings is 1. The number of aryl methyl sites for hydroxylation is 2. The molecule has 0 fully saturated rings. The van der Waals surface area contributed by atoms with Crippen LogP contribution in [-0.2, 0) is 4.74 Å². The molecule has 0 radical (unpaired) electrons. The number of hydrogen-bond acceptors (Lipinski definition) is 4. The lowest BCUT2D eigenvalue weighted by Crippen LogP contribution is -2.04. The Morgan fingerprint density at radius 2 is 1.91 bits per heavy atom. The number of H-pyrrole nitrogens is 1. The monoisotopic (exact) mass is 297 g/mol. The van der Waals surface area contributed by atoms with Crippen LogP contribution in [0.5, 0.6) is 5.75 Å². The van der Waals surface area contributed by atoms with Crippen LogP contribution in [0, 0.1) is 13.8 Å². The molecule has 0 saturated heterocycles. The van der Waals surface area contributed by atoms with E-state index in [4.69, 9.17) is 14.5 Å². The number of hydrogen-bond donors (Lipinski definition) is 1. The second kappa shape index (κ2) is 6.15. The maximum Gasteiger partial charge on any atom is 0.121 e. The molecule has 0 atom stereocenters. The molecule has 114 valence electrons. The lowest BCUT2D eigenvalue weighted by Gasteiger charge is -2.09. The molecule has 0 saturated carbocycles. The molecule has 5 heteroatoms. The standard InChI is InChI=1S/C17H19N3O2/c1-11-8-16(17-9-12(2)19-20-17)18-15-10-13(4-5-14(11)15)22-7-6-21-3/h4-5,8-10H,6-7H2,1-3H3,(H,19,20). The van der Waals surface area contributed by atoms with E-state index in [9.17, 15) is 0 Å². The first-order valence-electron chi connectivity index (χ1n) is 7.23. The third kappa shape index (κ3) is 2.94. The lowest BCUT2D eigenvalue weighted by molar-refractivity contribution is 0.146. The highest BCUT2D eigenvalue weighted by atomic mass is 16.5. The maximum absolute atomic E-state index is 5.66. The largest absolute Gasteiger partial charge is 0.491 e. The van der Waals surface area contributed by atoms with E-state index in [2.05, 4.69) is 23.2 Å². The van der Waals surface area contributed by atoms with Gasteiger partial charge < -0.3 is 9.47 Å². The van der Waals surface area contributed by atoms with Gasteiger partial charge in [-0.1, -0.05) is 0 Å². The van der Waals surface area contributed by atoms with Gasteiger partial charge in [0, 0.05) is 24.3 Å². The van der Waals surface area contributed by atoms with E-state index in [1.54, 1.807) is 7.11 Å². The molecule has 5 nitrogen and oxygen atoms in total. The second-order valence-electron chi connectivity index (χ2n) is 5.28. The minimum atomic E-state index is 0.527. The van der Waals surface area contributed by atoms with Gasteiger partial charge in [-0.3, -0.25) is 5.10 Å². The highest BCUT2D eigenvalue weighted by molar-refractivity contribution is 5.85. The van der Waals surface area contributed by atoms with Crippen LogP contribution in [0.15, 0.2) is 30.3 Å². The summed E-state index contributed by atoms with van der Waals surface area (Å²) in [4.78, 5) is 4.71. The van der Waals surface area contributed by atoms with Gasteiger partial charge in [-0.05, 0) is 43.7 Å². The molecule has 0 bridgehead atoms. The van der Waals surface area contributed by atoms with Gasteiger partial charge in [0.05, 0.1) is 17.8 Å². The fourth-order valence-electron chi connectivity index (χ4n) is 2.40. The van der Waals surface area contributed by atoms with Gasteiger partial charge >= 0.3 is 0 Å². The average molecular weight is 297 g/mol. The number of nitrogens with zero attached hydrogens (tertiary/aromatic N) is 2. The fourth-order valence-corrected chi connectivity index (χ4v) is 2.40. The number of methoxy groups -OCH3 is 1. The van der Waals surface area contributed by atoms with Gasteiger partial charge in [0.1, 0.15) is 18.1 Å². The summed E-state index contributed by atoms with van der Waals surface area (Å²) in [5, 5.41) is 8.35. The van der Waals surface area contributed by atoms with Crippen molar-refractivity contribution in [2.24, 2.45) is 0 Å². The van der Waals surface area contributed by atoms with Crippen LogP contribution in [0.3, 0.4) is 0 Å². The summed E-state index contributed by atoms with van der Waals surface area (Å²) in [5.74, 6) is 0.798. The maximum atomic E-state index is 5.66. The summed E-state index contributed by atoms with van der Waals surface area (Å²) in [6.07, 6.45) is 0. The van der Waals surface area contributed by atoms with Crippen LogP contribution < -0.4 is 4.74 Å². The highest BCUT2D eigenvalue weighted by Crippen LogP contribution is 2.26. The van der Waals surface area contributed by atoms with Gasteiger partial charge in [-0.15, -0.1) is 0 Å². The molecule has 1 aromatic carbocycles. The smallest absolute Gasteiger partial charge is 0.121 e. The van der Waals surface area contributed by atoms with Crippen molar-refractivity contribution in [2.45, 2.75) is 13.8 Å². The Bertz CT molecular complexity index is 796. The zero-order valence-electron chi connectivity index (χ0n) is 13.0. The Kier molecular flexibility index (Phi) is 4.06. The zero-order chi connectivity index (χ0) is 15.5. The molecular formula is C17H19N3O2. The topological polar surface area (TPSA) is 60.0 Å². The number of rotatable bonds is 5. The van der Waals surface area contributed by atoms with Crippen molar-refractivity contribution in [3.05, 3.63) is 41.6 Å². The van der Waals surface area contributed by atoms with E-state index in [-0.39, 0.29) is 0 Å². The van der Waals surface area contributed by atoms with E-state index in [1.807, 2.05) is 31.2 Å². The van der Waals surface area contributed by atoms with E-state index in [1.165, 1.54) is 5.56 Å². The van der Waals surface area contributed by atoms with Crippen LogP contribution in [0.1, 0.15) is 11.3 Å². The Morgan fingerprint density at radius 3 is 2.64 bits per heavy atom. The molecular weight excluding hydrogens is 278 g/mol. The van der Waals surface area contributed by atoms with Crippen LogP contribution in [-0.4, -0.2) is 35.5 Å². The second-order valence-corrected chi connectivity index (χ2v) is 5.28. The third-order valence-corrected chi connectivity index (χ3v) is 3.51. The molecule has 3 aromatic rings. The number of benzene rings is 1. The summed E-state index contributed by atoms with van der Waals surface area (Å²) in [6.45, 7) is 5.15. The Hall–Kier alpha value is -2.40. The number of aromatic nitrogens is 3. The Labute approximate surface area is 129 Å². The number of fused-ring (bicyclic) bond motifs is 1. The summed E-state index contributed by atoms with van der Waals surface area (Å²) < 4.78 is 10.7. The van der Waals surface area contributed by atoms with Gasteiger partial charge in [-0.2, -0.15) is 5.10 Å². The first-order valence-corrected chi connectivity index (χ1v) is 7.23. The third-order valence-electron chi connectivity index (χ3n) is 3.51. The molecule has 22 heavy (non-hydrogen) atoms. The van der Waals surface area contributed by atoms with E-state index >= 15 is 0 Å². The van der Waals surface area contributed by atoms with Crippen molar-refractivity contribution in [3.63, 3.8) is 0 Å². The highest BCUT2D eigenvalue weighted by Gasteiger charge is 2.08. The van der Waals surface area contributed by atoms with E-state index in [0.29, 0.717) is 13.2 Å². The SMILES string of the molecule is COCCOc1ccc2c(C)cc(-c3cc(C)[nH]n3)nc2c1. The molecule has 0 aliphatic rings. The minimum Gasteiger partial charge on any atom is -0.491 e. The molecule has 1 N–H and O–H groups in total. The normalized spacial score (nSPS) is 11.0. The minimum absolute atomic E-state index is 0.527. The first kappa shape index (κ1) is 14.5. The number of aromatic amines is 1. The van der Waals surface area contributed by atoms with Crippen LogP contribution in [0.25, 0.3) is 22.3 Å². The van der Waals surface area contributed by atoms with Crippen LogP contribution in [0.4, 0.5) is 0 Å². The predicted molar refractivity (Wildman–Crippen MR) is 86.2 cm³/mol. The average Bonchev–Trinajstić information content (AvgIpc) is 2.94. The lowest BCUT2D eigenvalue weighted by atomic mass is 10.1. The van der Waals surface area contributed by atoms with Crippen molar-refractivity contribution >= 4 is 10.9 Å². The number of ether oxygens (including phenoxy) is 2. The summed E-state index contributed by atoms with van der Waals surface area (Å²) in [6, 6.07) is 10.0. The van der Waals surface area contributed by atoms with Gasteiger partial charge in [0.15, 0.2) is 0 Å². The predicted octanol–water partition coefficient (Wildman–Crippen LogP) is 3.27. The molecule has 0 spiro atoms. The van der Waals surface area contributed by atoms with Crippen molar-refractivity contribution < 1.29 is 9.47 Å². The van der Waals surface area contributed by atoms with Gasteiger partial charge in [-0.25, -0.2) is 4.98 Å². The summed E-state index contributed by atoms with van der Waals surface area (Å²) in [5.41, 5.74) is 4.82. The molecule has 2 aromatic heterocycles. The summed E-state index contributed by atoms with van der Waals surface area (Å²) >= 11 is 0. The Balaban J connectivity index is 1.99. The van der Waals surface area contributed by atoms with Crippen molar-refractivity contribution in [1.29, 1.82) is 0 Å². The molecule has 3 rings (SSSR count). The zero-order valence-corrected chi connectivity index (χ0v) is 13.0. The molecule has 0 amide bonds. The summed E-state index contributed by atoms with van der Waals surface area (Å²) in [7, 11) is 1.66. The van der Waals surface area contributed by atoms with Crippen molar-refractivity contribution in [3.8, 4) is 17.1 Å². The van der Waals surface area contributed by atoms with Crippen LogP contribution >= 0.6 is 0 Å². The fraction of sp³-hybridized carbons (Fsp3) is 0.294. The van der Waals surface area contributed by atoms with Crippen molar-refractivity contribution in [1.82, 2.24) is 15.2 Å². The van der Waals surface area contributed by atoms with Gasteiger partial charge in [0.25, 0.3) is 0 Å².